The lowest BCUT2D eigenvalue weighted by atomic mass is 9.94. The first-order chi connectivity index (χ1) is 8.75. The predicted molar refractivity (Wildman–Crippen MR) is 63.9 cm³/mol. The Kier molecular flexibility index (Phi) is 2.48. The maximum absolute atomic E-state index is 12.9. The largest absolute Gasteiger partial charge is 0.295 e. The fraction of sp³-hybridized carbons (Fsp3) is 0.0714. The van der Waals surface area contributed by atoms with Gasteiger partial charge in [0.15, 0.2) is 0 Å². The highest BCUT2D eigenvalue weighted by molar-refractivity contribution is 5.97. The number of rotatable bonds is 1. The lowest BCUT2D eigenvalue weighted by Gasteiger charge is -2.18. The van der Waals surface area contributed by atoms with E-state index in [-0.39, 0.29) is 17.8 Å². The van der Waals surface area contributed by atoms with Crippen molar-refractivity contribution in [3.8, 4) is 0 Å². The van der Waals surface area contributed by atoms with Crippen LogP contribution in [0.5, 0.6) is 0 Å². The Labute approximate surface area is 103 Å². The number of azo groups is 1. The summed E-state index contributed by atoms with van der Waals surface area (Å²) in [5, 5.41) is 7.65. The van der Waals surface area contributed by atoms with Crippen LogP contribution in [-0.2, 0) is 0 Å². The number of carbonyl (C=O) groups is 1. The number of hydrogen-bond acceptors (Lipinski definition) is 2. The maximum atomic E-state index is 12.9. The molecule has 0 bridgehead atoms. The van der Waals surface area contributed by atoms with Gasteiger partial charge in [-0.15, -0.1) is 5.11 Å². The molecule has 1 aliphatic rings. The predicted octanol–water partition coefficient (Wildman–Crippen LogP) is 3.52. The quantitative estimate of drug-likeness (QED) is 0.751. The van der Waals surface area contributed by atoms with Crippen molar-refractivity contribution in [2.45, 2.75) is 6.04 Å². The second kappa shape index (κ2) is 4.14. The molecular weight excluding hydrogens is 231 g/mol. The summed E-state index contributed by atoms with van der Waals surface area (Å²) in [6, 6.07) is 13.0. The Balaban J connectivity index is 2.11. The molecule has 3 nitrogen and oxygen atoms in total. The molecule has 0 saturated carbocycles. The van der Waals surface area contributed by atoms with Crippen molar-refractivity contribution in [2.75, 3.05) is 0 Å². The van der Waals surface area contributed by atoms with Crippen LogP contribution in [0.25, 0.3) is 0 Å². The van der Waals surface area contributed by atoms with Crippen molar-refractivity contribution in [1.82, 2.24) is 0 Å². The highest BCUT2D eigenvalue weighted by Crippen LogP contribution is 2.32. The summed E-state index contributed by atoms with van der Waals surface area (Å²) in [6.07, 6.45) is 0. The molecule has 4 heteroatoms. The number of fused-ring (bicyclic) bond motifs is 1. The van der Waals surface area contributed by atoms with Gasteiger partial charge >= 0.3 is 0 Å². The Morgan fingerprint density at radius 2 is 1.72 bits per heavy atom. The molecule has 0 N–H and O–H groups in total. The molecule has 1 heterocycles. The van der Waals surface area contributed by atoms with Gasteiger partial charge in [-0.1, -0.05) is 30.3 Å². The number of hydrogen-bond donors (Lipinski definition) is 0. The van der Waals surface area contributed by atoms with E-state index in [0.717, 1.165) is 11.1 Å². The Morgan fingerprint density at radius 1 is 1.00 bits per heavy atom. The van der Waals surface area contributed by atoms with Crippen molar-refractivity contribution in [1.29, 1.82) is 0 Å². The van der Waals surface area contributed by atoms with E-state index in [9.17, 15) is 9.18 Å². The third-order valence-electron chi connectivity index (χ3n) is 2.94. The zero-order chi connectivity index (χ0) is 12.5. The zero-order valence-electron chi connectivity index (χ0n) is 9.38. The zero-order valence-corrected chi connectivity index (χ0v) is 9.38. The standard InChI is InChI=1S/C14H9FN2O/c15-10-7-5-9(6-8-10)13-11-3-1-2-4-12(11)14(18)17-16-13/h1-8,13H. The van der Waals surface area contributed by atoms with Crippen LogP contribution in [0.4, 0.5) is 4.39 Å². The molecule has 2 aromatic rings. The summed E-state index contributed by atoms with van der Waals surface area (Å²) >= 11 is 0. The minimum Gasteiger partial charge on any atom is -0.265 e. The number of benzene rings is 2. The summed E-state index contributed by atoms with van der Waals surface area (Å²) in [4.78, 5) is 11.6. The molecule has 88 valence electrons. The van der Waals surface area contributed by atoms with E-state index in [2.05, 4.69) is 10.2 Å². The topological polar surface area (TPSA) is 41.8 Å². The van der Waals surface area contributed by atoms with E-state index in [0.29, 0.717) is 5.56 Å². The second-order valence-corrected chi connectivity index (χ2v) is 4.06. The van der Waals surface area contributed by atoms with Crippen LogP contribution in [0.1, 0.15) is 27.5 Å². The van der Waals surface area contributed by atoms with Gasteiger partial charge in [0.1, 0.15) is 11.9 Å². The molecule has 0 aromatic heterocycles. The normalized spacial score (nSPS) is 17.6. The maximum Gasteiger partial charge on any atom is 0.295 e. The summed E-state index contributed by atoms with van der Waals surface area (Å²) in [7, 11) is 0. The third kappa shape index (κ3) is 1.72. The van der Waals surface area contributed by atoms with E-state index < -0.39 is 0 Å². The van der Waals surface area contributed by atoms with Gasteiger partial charge in [-0.05, 0) is 29.3 Å². The molecule has 18 heavy (non-hydrogen) atoms. The molecule has 0 radical (unpaired) electrons. The van der Waals surface area contributed by atoms with E-state index in [1.54, 1.807) is 24.3 Å². The molecule has 2 aromatic carbocycles. The van der Waals surface area contributed by atoms with Crippen molar-refractivity contribution in [3.63, 3.8) is 0 Å². The van der Waals surface area contributed by atoms with Crippen LogP contribution >= 0.6 is 0 Å². The highest BCUT2D eigenvalue weighted by Gasteiger charge is 2.24. The second-order valence-electron chi connectivity index (χ2n) is 4.06. The molecular formula is C14H9FN2O. The minimum absolute atomic E-state index is 0.296. The summed E-state index contributed by atoms with van der Waals surface area (Å²) in [6.45, 7) is 0. The molecule has 1 amide bonds. The van der Waals surface area contributed by atoms with Gasteiger partial charge in [0.05, 0.1) is 0 Å². The number of carbonyl (C=O) groups excluding carboxylic acids is 1. The van der Waals surface area contributed by atoms with Crippen LogP contribution in [0, 0.1) is 5.82 Å². The van der Waals surface area contributed by atoms with Crippen molar-refractivity contribution < 1.29 is 9.18 Å². The number of nitrogens with zero attached hydrogens (tertiary/aromatic N) is 2. The first-order valence-corrected chi connectivity index (χ1v) is 5.55. The summed E-state index contributed by atoms with van der Waals surface area (Å²) in [5.74, 6) is -0.625. The molecule has 1 unspecified atom stereocenters. The molecule has 0 fully saturated rings. The van der Waals surface area contributed by atoms with E-state index >= 15 is 0 Å². The lowest BCUT2D eigenvalue weighted by Crippen LogP contribution is -2.10. The first kappa shape index (κ1) is 10.8. The summed E-state index contributed by atoms with van der Waals surface area (Å²) in [5.41, 5.74) is 2.19. The third-order valence-corrected chi connectivity index (χ3v) is 2.94. The first-order valence-electron chi connectivity index (χ1n) is 5.55. The van der Waals surface area contributed by atoms with Gasteiger partial charge in [0.25, 0.3) is 5.91 Å². The van der Waals surface area contributed by atoms with Crippen molar-refractivity contribution in [3.05, 3.63) is 71.0 Å². The Bertz CT molecular complexity index is 634. The molecule has 1 aliphatic heterocycles. The SMILES string of the molecule is O=C1N=NC(c2ccc(F)cc2)c2ccccc21. The number of amides is 1. The molecule has 3 rings (SSSR count). The highest BCUT2D eigenvalue weighted by atomic mass is 19.1. The van der Waals surface area contributed by atoms with Crippen LogP contribution in [0.15, 0.2) is 58.8 Å². The van der Waals surface area contributed by atoms with Crippen molar-refractivity contribution >= 4 is 5.91 Å². The lowest BCUT2D eigenvalue weighted by molar-refractivity contribution is 0.0986. The average Bonchev–Trinajstić information content (AvgIpc) is 2.41. The van der Waals surface area contributed by atoms with Crippen LogP contribution in [-0.4, -0.2) is 5.91 Å². The van der Waals surface area contributed by atoms with Crippen LogP contribution in [0.2, 0.25) is 0 Å². The monoisotopic (exact) mass is 240 g/mol. The van der Waals surface area contributed by atoms with Gasteiger partial charge in [-0.25, -0.2) is 4.39 Å². The smallest absolute Gasteiger partial charge is 0.265 e. The van der Waals surface area contributed by atoms with E-state index in [1.807, 2.05) is 12.1 Å². The van der Waals surface area contributed by atoms with Crippen molar-refractivity contribution in [2.24, 2.45) is 10.2 Å². The van der Waals surface area contributed by atoms with Gasteiger partial charge in [0.2, 0.25) is 0 Å². The number of halogens is 1. The molecule has 0 spiro atoms. The van der Waals surface area contributed by atoms with Crippen LogP contribution in [0.3, 0.4) is 0 Å². The summed E-state index contributed by atoms with van der Waals surface area (Å²) < 4.78 is 12.9. The minimum atomic E-state index is -0.334. The van der Waals surface area contributed by atoms with Crippen LogP contribution < -0.4 is 0 Å². The van der Waals surface area contributed by atoms with E-state index in [1.165, 1.54) is 12.1 Å². The van der Waals surface area contributed by atoms with Gasteiger partial charge in [-0.3, -0.25) is 4.79 Å². The van der Waals surface area contributed by atoms with Gasteiger partial charge in [-0.2, -0.15) is 5.11 Å². The fourth-order valence-electron chi connectivity index (χ4n) is 2.05. The van der Waals surface area contributed by atoms with Gasteiger partial charge in [0, 0.05) is 5.56 Å². The molecule has 1 atom stereocenters. The Morgan fingerprint density at radius 3 is 2.50 bits per heavy atom. The fourth-order valence-corrected chi connectivity index (χ4v) is 2.05. The Hall–Kier alpha value is -2.36. The molecule has 0 aliphatic carbocycles. The van der Waals surface area contributed by atoms with E-state index in [4.69, 9.17) is 0 Å². The van der Waals surface area contributed by atoms with Gasteiger partial charge < -0.3 is 0 Å². The molecule has 0 saturated heterocycles. The average molecular weight is 240 g/mol.